The molecule has 3 heteroatoms. The number of furan rings is 1. The van der Waals surface area contributed by atoms with Gasteiger partial charge >= 0.3 is 0 Å². The van der Waals surface area contributed by atoms with E-state index in [0.717, 1.165) is 78.3 Å². The van der Waals surface area contributed by atoms with Gasteiger partial charge in [-0.05, 0) is 81.9 Å². The Kier molecular flexibility index (Phi) is 7.14. The molecular weight excluding hydrogens is 707 g/mol. The number of rotatable bonds is 5. The first-order valence-corrected chi connectivity index (χ1v) is 19.8. The van der Waals surface area contributed by atoms with Gasteiger partial charge in [-0.2, -0.15) is 0 Å². The largest absolute Gasteiger partial charge is 0.457 e. The van der Waals surface area contributed by atoms with E-state index in [0.29, 0.717) is 0 Å². The highest BCUT2D eigenvalue weighted by atomic mass is 16.5. The fraction of sp³-hybridized carbons (Fsp3) is 0.0182. The standard InChI is InChI=1S/C55H35NO2/c1-3-16-36(17-4-1)37-30-32-39(33-31-37)56(38-18-5-2-6-19-38)48-26-12-8-20-40(48)41-22-15-29-51-52(41)43-34-35-47-53(54(43)58-51)42-21-7-9-23-44(42)55(47)45-24-10-13-27-49(45)57-50-28-14-11-25-46(50)55/h1-35H. The van der Waals surface area contributed by atoms with Crippen LogP contribution in [-0.4, -0.2) is 0 Å². The lowest BCUT2D eigenvalue weighted by molar-refractivity contribution is 0.436. The van der Waals surface area contributed by atoms with Crippen LogP contribution in [0.2, 0.25) is 0 Å². The minimum Gasteiger partial charge on any atom is -0.457 e. The molecule has 58 heavy (non-hydrogen) atoms. The van der Waals surface area contributed by atoms with Crippen LogP contribution >= 0.6 is 0 Å². The summed E-state index contributed by atoms with van der Waals surface area (Å²) in [6, 6.07) is 75.8. The minimum atomic E-state index is -0.563. The highest BCUT2D eigenvalue weighted by Crippen LogP contribution is 2.63. The van der Waals surface area contributed by atoms with Gasteiger partial charge in [-0.25, -0.2) is 0 Å². The van der Waals surface area contributed by atoms with Gasteiger partial charge in [0.15, 0.2) is 0 Å². The van der Waals surface area contributed by atoms with Crippen molar-refractivity contribution in [2.75, 3.05) is 4.90 Å². The lowest BCUT2D eigenvalue weighted by Gasteiger charge is -2.39. The fourth-order valence-electron chi connectivity index (χ4n) is 9.78. The van der Waals surface area contributed by atoms with Crippen molar-refractivity contribution in [3.63, 3.8) is 0 Å². The van der Waals surface area contributed by atoms with Gasteiger partial charge in [-0.3, -0.25) is 0 Å². The monoisotopic (exact) mass is 741 g/mol. The molecule has 0 radical (unpaired) electrons. The van der Waals surface area contributed by atoms with Gasteiger partial charge in [-0.1, -0.05) is 164 Å². The van der Waals surface area contributed by atoms with Crippen LogP contribution in [0.25, 0.3) is 55.3 Å². The predicted molar refractivity (Wildman–Crippen MR) is 237 cm³/mol. The molecule has 1 aliphatic carbocycles. The van der Waals surface area contributed by atoms with Crippen LogP contribution < -0.4 is 9.64 Å². The number of ether oxygens (including phenoxy) is 1. The van der Waals surface area contributed by atoms with Crippen LogP contribution in [0.3, 0.4) is 0 Å². The summed E-state index contributed by atoms with van der Waals surface area (Å²) >= 11 is 0. The second-order valence-corrected chi connectivity index (χ2v) is 15.1. The summed E-state index contributed by atoms with van der Waals surface area (Å²) in [7, 11) is 0. The molecule has 0 N–H and O–H groups in total. The Hall–Kier alpha value is -7.62. The van der Waals surface area contributed by atoms with Gasteiger partial charge in [0.25, 0.3) is 0 Å². The van der Waals surface area contributed by atoms with Gasteiger partial charge in [0.2, 0.25) is 0 Å². The quantitative estimate of drug-likeness (QED) is 0.176. The minimum absolute atomic E-state index is 0.563. The number of hydrogen-bond donors (Lipinski definition) is 0. The van der Waals surface area contributed by atoms with E-state index in [1.807, 2.05) is 0 Å². The normalized spacial score (nSPS) is 13.1. The Labute approximate surface area is 336 Å². The second kappa shape index (κ2) is 12.7. The van der Waals surface area contributed by atoms with E-state index in [9.17, 15) is 0 Å². The van der Waals surface area contributed by atoms with Gasteiger partial charge in [0.05, 0.1) is 11.1 Å². The van der Waals surface area contributed by atoms with Crippen molar-refractivity contribution in [1.82, 2.24) is 0 Å². The van der Waals surface area contributed by atoms with E-state index in [1.54, 1.807) is 0 Å². The number of benzene rings is 9. The average Bonchev–Trinajstić information content (AvgIpc) is 3.82. The van der Waals surface area contributed by atoms with E-state index in [2.05, 4.69) is 217 Å². The van der Waals surface area contributed by atoms with E-state index in [4.69, 9.17) is 9.15 Å². The van der Waals surface area contributed by atoms with Crippen LogP contribution in [0.4, 0.5) is 17.1 Å². The van der Waals surface area contributed by atoms with Crippen molar-refractivity contribution in [3.8, 4) is 44.9 Å². The van der Waals surface area contributed by atoms with E-state index >= 15 is 0 Å². The van der Waals surface area contributed by atoms with Crippen molar-refractivity contribution in [2.45, 2.75) is 5.41 Å². The Morgan fingerprint density at radius 3 is 1.69 bits per heavy atom. The Balaban J connectivity index is 1.09. The molecular formula is C55H35NO2. The molecule has 9 aromatic carbocycles. The van der Waals surface area contributed by atoms with Crippen LogP contribution in [0.15, 0.2) is 217 Å². The third kappa shape index (κ3) is 4.62. The first-order valence-electron chi connectivity index (χ1n) is 19.8. The average molecular weight is 742 g/mol. The van der Waals surface area contributed by atoms with E-state index in [-0.39, 0.29) is 0 Å². The Morgan fingerprint density at radius 1 is 0.379 bits per heavy atom. The summed E-state index contributed by atoms with van der Waals surface area (Å²) in [5.74, 6) is 1.76. The van der Waals surface area contributed by atoms with E-state index in [1.165, 1.54) is 27.8 Å². The van der Waals surface area contributed by atoms with Crippen LogP contribution in [0, 0.1) is 0 Å². The number of hydrogen-bond acceptors (Lipinski definition) is 3. The Morgan fingerprint density at radius 2 is 0.948 bits per heavy atom. The summed E-state index contributed by atoms with van der Waals surface area (Å²) in [4.78, 5) is 2.36. The summed E-state index contributed by atoms with van der Waals surface area (Å²) in [6.45, 7) is 0. The molecule has 2 aliphatic rings. The number of anilines is 3. The number of fused-ring (bicyclic) bond motifs is 13. The summed E-state index contributed by atoms with van der Waals surface area (Å²) < 4.78 is 13.7. The summed E-state index contributed by atoms with van der Waals surface area (Å²) in [6.07, 6.45) is 0. The molecule has 1 aliphatic heterocycles. The summed E-state index contributed by atoms with van der Waals surface area (Å²) in [5.41, 5.74) is 16.1. The first kappa shape index (κ1) is 32.6. The van der Waals surface area contributed by atoms with Gasteiger partial charge in [0.1, 0.15) is 22.7 Å². The molecule has 0 fully saturated rings. The molecule has 10 aromatic rings. The third-order valence-corrected chi connectivity index (χ3v) is 12.2. The molecule has 0 bridgehead atoms. The molecule has 0 saturated carbocycles. The second-order valence-electron chi connectivity index (χ2n) is 15.1. The maximum atomic E-state index is 7.10. The number of nitrogens with zero attached hydrogens (tertiary/aromatic N) is 1. The van der Waals surface area contributed by atoms with Crippen molar-refractivity contribution >= 4 is 39.0 Å². The lowest BCUT2D eigenvalue weighted by atomic mass is 9.66. The van der Waals surface area contributed by atoms with Crippen molar-refractivity contribution in [1.29, 1.82) is 0 Å². The third-order valence-electron chi connectivity index (χ3n) is 12.2. The zero-order valence-corrected chi connectivity index (χ0v) is 31.5. The maximum absolute atomic E-state index is 7.10. The molecule has 272 valence electrons. The SMILES string of the molecule is c1ccc(-c2ccc(N(c3ccccc3)c3ccccc3-c3cccc4oc5c6c(ccc5c34)C3(c4ccccc4Oc4ccccc43)c3ccccc3-6)cc2)cc1. The van der Waals surface area contributed by atoms with E-state index < -0.39 is 5.41 Å². The molecule has 12 rings (SSSR count). The van der Waals surface area contributed by atoms with Crippen molar-refractivity contribution in [3.05, 3.63) is 235 Å². The molecule has 0 atom stereocenters. The molecule has 0 amide bonds. The molecule has 2 heterocycles. The highest BCUT2D eigenvalue weighted by molar-refractivity contribution is 6.18. The zero-order valence-electron chi connectivity index (χ0n) is 31.5. The lowest BCUT2D eigenvalue weighted by Crippen LogP contribution is -2.32. The molecule has 0 saturated heterocycles. The number of para-hydroxylation sites is 4. The highest BCUT2D eigenvalue weighted by Gasteiger charge is 2.51. The fourth-order valence-corrected chi connectivity index (χ4v) is 9.78. The van der Waals surface area contributed by atoms with Crippen LogP contribution in [0.5, 0.6) is 11.5 Å². The topological polar surface area (TPSA) is 25.6 Å². The van der Waals surface area contributed by atoms with Gasteiger partial charge in [-0.15, -0.1) is 0 Å². The van der Waals surface area contributed by atoms with Crippen molar-refractivity contribution < 1.29 is 9.15 Å². The van der Waals surface area contributed by atoms with Crippen LogP contribution in [0.1, 0.15) is 22.3 Å². The Bertz CT molecular complexity index is 3150. The molecule has 0 unspecified atom stereocenters. The maximum Gasteiger partial charge on any atom is 0.143 e. The molecule has 1 aromatic heterocycles. The van der Waals surface area contributed by atoms with Gasteiger partial charge in [0, 0.05) is 44.4 Å². The molecule has 1 spiro atoms. The first-order chi connectivity index (χ1) is 28.8. The predicted octanol–water partition coefficient (Wildman–Crippen LogP) is 14.9. The van der Waals surface area contributed by atoms with Crippen LogP contribution in [-0.2, 0) is 5.41 Å². The van der Waals surface area contributed by atoms with Crippen molar-refractivity contribution in [2.24, 2.45) is 0 Å². The van der Waals surface area contributed by atoms with Gasteiger partial charge < -0.3 is 14.1 Å². The zero-order chi connectivity index (χ0) is 38.2. The smallest absolute Gasteiger partial charge is 0.143 e. The molecule has 3 nitrogen and oxygen atoms in total. The summed E-state index contributed by atoms with van der Waals surface area (Å²) in [5, 5.41) is 2.20.